The molecule has 0 bridgehead atoms. The van der Waals surface area contributed by atoms with Gasteiger partial charge in [0.1, 0.15) is 11.4 Å². The van der Waals surface area contributed by atoms with Crippen molar-refractivity contribution >= 4 is 11.8 Å². The van der Waals surface area contributed by atoms with Gasteiger partial charge in [-0.15, -0.1) is 0 Å². The highest BCUT2D eigenvalue weighted by Gasteiger charge is 2.15. The molecule has 6 heteroatoms. The molecule has 0 aliphatic heterocycles. The van der Waals surface area contributed by atoms with Gasteiger partial charge in [-0.2, -0.15) is 0 Å². The normalized spacial score (nSPS) is 13.8. The minimum Gasteiger partial charge on any atom is -0.462 e. The Morgan fingerprint density at radius 3 is 3.00 bits per heavy atom. The van der Waals surface area contributed by atoms with Gasteiger partial charge in [0.05, 0.1) is 12.7 Å². The predicted molar refractivity (Wildman–Crippen MR) is 68.3 cm³/mol. The van der Waals surface area contributed by atoms with Crippen molar-refractivity contribution < 1.29 is 14.6 Å². The number of pyridine rings is 1. The first-order valence-electron chi connectivity index (χ1n) is 5.86. The molecule has 0 radical (unpaired) electrons. The second kappa shape index (κ2) is 6.93. The van der Waals surface area contributed by atoms with Crippen LogP contribution < -0.4 is 11.1 Å². The molecule has 1 aromatic rings. The number of nitrogens with one attached hydrogen (secondary N) is 1. The Hall–Kier alpha value is -1.66. The molecular formula is C12H19N3O3. The first kappa shape index (κ1) is 14.4. The molecule has 0 spiro atoms. The van der Waals surface area contributed by atoms with Gasteiger partial charge in [-0.25, -0.2) is 9.78 Å². The van der Waals surface area contributed by atoms with Crippen molar-refractivity contribution in [1.82, 2.24) is 4.98 Å². The average molecular weight is 253 g/mol. The highest BCUT2D eigenvalue weighted by atomic mass is 16.5. The fraction of sp³-hybridized carbons (Fsp3) is 0.500. The molecule has 0 saturated heterocycles. The summed E-state index contributed by atoms with van der Waals surface area (Å²) >= 11 is 0. The number of esters is 1. The Balaban J connectivity index is 2.73. The summed E-state index contributed by atoms with van der Waals surface area (Å²) in [5.41, 5.74) is 6.05. The van der Waals surface area contributed by atoms with Crippen molar-refractivity contribution in [3.05, 3.63) is 23.9 Å². The number of rotatable bonds is 6. The van der Waals surface area contributed by atoms with Crippen LogP contribution in [-0.4, -0.2) is 41.4 Å². The molecular weight excluding hydrogens is 234 g/mol. The molecule has 2 atom stereocenters. The van der Waals surface area contributed by atoms with Gasteiger partial charge in [-0.05, 0) is 26.0 Å². The van der Waals surface area contributed by atoms with E-state index in [4.69, 9.17) is 10.5 Å². The highest BCUT2D eigenvalue weighted by molar-refractivity contribution is 5.94. The number of carbonyl (C=O) groups excluding carboxylic acids is 1. The molecule has 0 aliphatic carbocycles. The minimum absolute atomic E-state index is 0.306. The molecule has 6 nitrogen and oxygen atoms in total. The Labute approximate surface area is 106 Å². The zero-order chi connectivity index (χ0) is 13.5. The van der Waals surface area contributed by atoms with Crippen LogP contribution in [0.3, 0.4) is 0 Å². The van der Waals surface area contributed by atoms with E-state index in [9.17, 15) is 9.90 Å². The van der Waals surface area contributed by atoms with Crippen LogP contribution in [0.2, 0.25) is 0 Å². The first-order valence-corrected chi connectivity index (χ1v) is 5.86. The van der Waals surface area contributed by atoms with Gasteiger partial charge in [0.25, 0.3) is 0 Å². The number of hydrogen-bond donors (Lipinski definition) is 3. The third-order valence-electron chi connectivity index (χ3n) is 2.43. The number of aliphatic hydroxyl groups is 1. The second-order valence-electron chi connectivity index (χ2n) is 3.91. The molecule has 0 saturated carbocycles. The lowest BCUT2D eigenvalue weighted by Crippen LogP contribution is -2.39. The Bertz CT molecular complexity index is 396. The van der Waals surface area contributed by atoms with Crippen LogP contribution in [0.4, 0.5) is 5.82 Å². The van der Waals surface area contributed by atoms with E-state index in [-0.39, 0.29) is 0 Å². The van der Waals surface area contributed by atoms with E-state index in [2.05, 4.69) is 10.3 Å². The summed E-state index contributed by atoms with van der Waals surface area (Å²) in [5, 5.41) is 12.2. The summed E-state index contributed by atoms with van der Waals surface area (Å²) < 4.78 is 4.92. The van der Waals surface area contributed by atoms with E-state index in [1.54, 1.807) is 32.2 Å². The summed E-state index contributed by atoms with van der Waals surface area (Å²) in [6.45, 7) is 3.98. The van der Waals surface area contributed by atoms with Gasteiger partial charge in [-0.3, -0.25) is 0 Å². The number of aromatic nitrogens is 1. The smallest absolute Gasteiger partial charge is 0.341 e. The van der Waals surface area contributed by atoms with E-state index in [1.165, 1.54) is 0 Å². The van der Waals surface area contributed by atoms with Crippen molar-refractivity contribution in [2.24, 2.45) is 5.73 Å². The quantitative estimate of drug-likeness (QED) is 0.634. The Morgan fingerprint density at radius 2 is 2.39 bits per heavy atom. The SMILES string of the molecule is CCOC(=O)c1cccnc1NCC(N)C(C)O. The van der Waals surface area contributed by atoms with Crippen molar-refractivity contribution in [2.45, 2.75) is 26.0 Å². The van der Waals surface area contributed by atoms with Crippen LogP contribution >= 0.6 is 0 Å². The maximum Gasteiger partial charge on any atom is 0.341 e. The molecule has 1 aromatic heterocycles. The maximum atomic E-state index is 11.7. The molecule has 1 heterocycles. The largest absolute Gasteiger partial charge is 0.462 e. The van der Waals surface area contributed by atoms with Crippen LogP contribution in [0.25, 0.3) is 0 Å². The third-order valence-corrected chi connectivity index (χ3v) is 2.43. The number of carbonyl (C=O) groups is 1. The van der Waals surface area contributed by atoms with Gasteiger partial charge in [0.2, 0.25) is 0 Å². The van der Waals surface area contributed by atoms with Crippen molar-refractivity contribution in [3.63, 3.8) is 0 Å². The first-order chi connectivity index (χ1) is 8.56. The van der Waals surface area contributed by atoms with Crippen molar-refractivity contribution in [3.8, 4) is 0 Å². The number of ether oxygens (including phenoxy) is 1. The zero-order valence-corrected chi connectivity index (χ0v) is 10.6. The monoisotopic (exact) mass is 253 g/mol. The molecule has 0 amide bonds. The van der Waals surface area contributed by atoms with E-state index in [1.807, 2.05) is 0 Å². The van der Waals surface area contributed by atoms with Gasteiger partial charge < -0.3 is 20.9 Å². The van der Waals surface area contributed by atoms with Crippen LogP contribution in [0.5, 0.6) is 0 Å². The lowest BCUT2D eigenvalue weighted by Gasteiger charge is -2.16. The molecule has 0 fully saturated rings. The Kier molecular flexibility index (Phi) is 5.54. The maximum absolute atomic E-state index is 11.7. The van der Waals surface area contributed by atoms with E-state index >= 15 is 0 Å². The summed E-state index contributed by atoms with van der Waals surface area (Å²) in [6, 6.07) is 2.86. The molecule has 1 rings (SSSR count). The third kappa shape index (κ3) is 3.97. The fourth-order valence-corrected chi connectivity index (χ4v) is 1.30. The molecule has 4 N–H and O–H groups in total. The molecule has 0 aliphatic rings. The molecule has 0 aromatic carbocycles. The summed E-state index contributed by atoms with van der Waals surface area (Å²) in [4.78, 5) is 15.7. The van der Waals surface area contributed by atoms with Crippen molar-refractivity contribution in [2.75, 3.05) is 18.5 Å². The summed E-state index contributed by atoms with van der Waals surface area (Å²) in [5.74, 6) is -0.0224. The van der Waals surface area contributed by atoms with Crippen LogP contribution in [0.1, 0.15) is 24.2 Å². The van der Waals surface area contributed by atoms with Gasteiger partial charge >= 0.3 is 5.97 Å². The second-order valence-corrected chi connectivity index (χ2v) is 3.91. The lowest BCUT2D eigenvalue weighted by molar-refractivity contribution is 0.0527. The predicted octanol–water partition coefficient (Wildman–Crippen LogP) is 0.378. The van der Waals surface area contributed by atoms with E-state index in [0.29, 0.717) is 24.5 Å². The Morgan fingerprint density at radius 1 is 1.67 bits per heavy atom. The molecule has 2 unspecified atom stereocenters. The van der Waals surface area contributed by atoms with Crippen molar-refractivity contribution in [1.29, 1.82) is 0 Å². The number of nitrogens with two attached hydrogens (primary N) is 1. The van der Waals surface area contributed by atoms with Crippen LogP contribution in [-0.2, 0) is 4.74 Å². The lowest BCUT2D eigenvalue weighted by atomic mass is 10.2. The molecule has 18 heavy (non-hydrogen) atoms. The standard InChI is InChI=1S/C12H19N3O3/c1-3-18-12(17)9-5-4-6-14-11(9)15-7-10(13)8(2)16/h4-6,8,10,16H,3,7,13H2,1-2H3,(H,14,15). The fourth-order valence-electron chi connectivity index (χ4n) is 1.30. The van der Waals surface area contributed by atoms with Gasteiger partial charge in [-0.1, -0.05) is 0 Å². The average Bonchev–Trinajstić information content (AvgIpc) is 2.36. The number of nitrogens with zero attached hydrogens (tertiary/aromatic N) is 1. The summed E-state index contributed by atoms with van der Waals surface area (Å²) in [6.07, 6.45) is 0.936. The van der Waals surface area contributed by atoms with Gasteiger partial charge in [0.15, 0.2) is 0 Å². The topological polar surface area (TPSA) is 97.5 Å². The number of aliphatic hydroxyl groups excluding tert-OH is 1. The minimum atomic E-state index is -0.632. The van der Waals surface area contributed by atoms with Crippen LogP contribution in [0, 0.1) is 0 Å². The van der Waals surface area contributed by atoms with Gasteiger partial charge in [0, 0.05) is 18.8 Å². The highest BCUT2D eigenvalue weighted by Crippen LogP contribution is 2.12. The van der Waals surface area contributed by atoms with Crippen LogP contribution in [0.15, 0.2) is 18.3 Å². The number of hydrogen-bond acceptors (Lipinski definition) is 6. The zero-order valence-electron chi connectivity index (χ0n) is 10.6. The van der Waals surface area contributed by atoms with E-state index < -0.39 is 18.1 Å². The number of anilines is 1. The van der Waals surface area contributed by atoms with E-state index in [0.717, 1.165) is 0 Å². The summed E-state index contributed by atoms with van der Waals surface area (Å²) in [7, 11) is 0. The molecule has 100 valence electrons.